The number of amides is 1. The number of hydrogen-bond donors (Lipinski definition) is 0. The van der Waals surface area contributed by atoms with Crippen LogP contribution in [-0.4, -0.2) is 87.3 Å². The van der Waals surface area contributed by atoms with E-state index in [4.69, 9.17) is 4.74 Å². The van der Waals surface area contributed by atoms with E-state index in [1.165, 1.54) is 31.6 Å². The van der Waals surface area contributed by atoms with Gasteiger partial charge in [0.25, 0.3) is 5.91 Å². The van der Waals surface area contributed by atoms with E-state index in [0.29, 0.717) is 18.3 Å². The molecule has 0 unspecified atom stereocenters. The molecule has 0 bridgehead atoms. The van der Waals surface area contributed by atoms with Gasteiger partial charge in [-0.1, -0.05) is 0 Å². The van der Waals surface area contributed by atoms with Crippen molar-refractivity contribution in [3.05, 3.63) is 17.0 Å². The number of carbonyl (C=O) groups excluding carboxylic acids is 1. The Morgan fingerprint density at radius 1 is 1.06 bits per heavy atom. The molecule has 31 heavy (non-hydrogen) atoms. The molecule has 0 radical (unpaired) electrons. The minimum atomic E-state index is -0.0795. The second-order valence-electron chi connectivity index (χ2n) is 10.4. The first-order chi connectivity index (χ1) is 15.0. The van der Waals surface area contributed by atoms with Crippen LogP contribution >= 0.6 is 0 Å². The van der Waals surface area contributed by atoms with Crippen molar-refractivity contribution in [1.82, 2.24) is 24.5 Å². The first kappa shape index (κ1) is 21.4. The fourth-order valence-corrected chi connectivity index (χ4v) is 6.18. The highest BCUT2D eigenvalue weighted by atomic mass is 16.5. The van der Waals surface area contributed by atoms with E-state index in [2.05, 4.69) is 28.7 Å². The monoisotopic (exact) mass is 429 g/mol. The highest BCUT2D eigenvalue weighted by molar-refractivity contribution is 5.94. The standard InChI is InChI=1S/C24H39N5O2/c1-18(2)27-12-6-19(7-13-27)28-14-8-24(9-15-28)16-21-20(17-31-24)22(25-26(21)3)23(30)29-10-4-5-11-29/h18-19H,4-17H2,1-3H3. The first-order valence-electron chi connectivity index (χ1n) is 12.4. The molecule has 3 fully saturated rings. The second-order valence-corrected chi connectivity index (χ2v) is 10.4. The third kappa shape index (κ3) is 4.05. The molecular formula is C24H39N5O2. The van der Waals surface area contributed by atoms with Gasteiger partial charge in [0.2, 0.25) is 0 Å². The van der Waals surface area contributed by atoms with E-state index in [9.17, 15) is 4.79 Å². The summed E-state index contributed by atoms with van der Waals surface area (Å²) < 4.78 is 8.48. The highest BCUT2D eigenvalue weighted by Crippen LogP contribution is 2.38. The summed E-state index contributed by atoms with van der Waals surface area (Å²) in [7, 11) is 2.00. The molecule has 0 saturated carbocycles. The Kier molecular flexibility index (Phi) is 5.86. The van der Waals surface area contributed by atoms with Crippen molar-refractivity contribution in [3.8, 4) is 0 Å². The van der Waals surface area contributed by atoms with Gasteiger partial charge in [-0.2, -0.15) is 5.10 Å². The largest absolute Gasteiger partial charge is 0.370 e. The zero-order chi connectivity index (χ0) is 21.6. The predicted molar refractivity (Wildman–Crippen MR) is 120 cm³/mol. The molecule has 0 aromatic carbocycles. The Balaban J connectivity index is 1.22. The molecule has 1 aromatic heterocycles. The van der Waals surface area contributed by atoms with Crippen molar-refractivity contribution in [1.29, 1.82) is 0 Å². The Morgan fingerprint density at radius 3 is 2.39 bits per heavy atom. The average molecular weight is 430 g/mol. The third-order valence-electron chi connectivity index (χ3n) is 8.34. The zero-order valence-corrected chi connectivity index (χ0v) is 19.6. The molecule has 5 rings (SSSR count). The summed E-state index contributed by atoms with van der Waals surface area (Å²) in [6, 6.07) is 1.39. The summed E-state index contributed by atoms with van der Waals surface area (Å²) in [5.74, 6) is 0.0939. The molecule has 3 saturated heterocycles. The van der Waals surface area contributed by atoms with Crippen molar-refractivity contribution in [2.24, 2.45) is 7.05 Å². The molecule has 4 aliphatic heterocycles. The van der Waals surface area contributed by atoms with Crippen molar-refractivity contribution in [2.75, 3.05) is 39.3 Å². The predicted octanol–water partition coefficient (Wildman–Crippen LogP) is 2.44. The zero-order valence-electron chi connectivity index (χ0n) is 19.6. The topological polar surface area (TPSA) is 53.8 Å². The van der Waals surface area contributed by atoms with E-state index in [1.54, 1.807) is 0 Å². The quantitative estimate of drug-likeness (QED) is 0.739. The van der Waals surface area contributed by atoms with Gasteiger partial charge >= 0.3 is 0 Å². The van der Waals surface area contributed by atoms with Gasteiger partial charge in [0, 0.05) is 63.0 Å². The number of aryl methyl sites for hydroxylation is 1. The smallest absolute Gasteiger partial charge is 0.274 e. The maximum atomic E-state index is 13.0. The molecule has 5 heterocycles. The van der Waals surface area contributed by atoms with Crippen LogP contribution in [0.3, 0.4) is 0 Å². The van der Waals surface area contributed by atoms with Crippen LogP contribution in [0.25, 0.3) is 0 Å². The molecule has 1 spiro atoms. The molecule has 0 aliphatic carbocycles. The Bertz CT molecular complexity index is 797. The number of aromatic nitrogens is 2. The summed E-state index contributed by atoms with van der Waals surface area (Å²) >= 11 is 0. The van der Waals surface area contributed by atoms with Crippen LogP contribution < -0.4 is 0 Å². The lowest BCUT2D eigenvalue weighted by atomic mass is 9.82. The van der Waals surface area contributed by atoms with Crippen molar-refractivity contribution < 1.29 is 9.53 Å². The minimum Gasteiger partial charge on any atom is -0.370 e. The number of carbonyl (C=O) groups is 1. The minimum absolute atomic E-state index is 0.0795. The van der Waals surface area contributed by atoms with Crippen LogP contribution in [-0.2, 0) is 24.8 Å². The lowest BCUT2D eigenvalue weighted by molar-refractivity contribution is -0.110. The number of hydrogen-bond acceptors (Lipinski definition) is 5. The molecule has 7 nitrogen and oxygen atoms in total. The summed E-state index contributed by atoms with van der Waals surface area (Å²) in [6.45, 7) is 11.6. The Hall–Kier alpha value is -1.44. The van der Waals surface area contributed by atoms with Crippen molar-refractivity contribution in [3.63, 3.8) is 0 Å². The summed E-state index contributed by atoms with van der Waals surface area (Å²) in [6.07, 6.45) is 7.84. The van der Waals surface area contributed by atoms with Crippen LogP contribution in [0.1, 0.15) is 74.1 Å². The Morgan fingerprint density at radius 2 is 1.74 bits per heavy atom. The first-order valence-corrected chi connectivity index (χ1v) is 12.4. The number of likely N-dealkylation sites (tertiary alicyclic amines) is 3. The maximum absolute atomic E-state index is 13.0. The average Bonchev–Trinajstić information content (AvgIpc) is 3.43. The van der Waals surface area contributed by atoms with E-state index in [1.807, 2.05) is 16.6 Å². The van der Waals surface area contributed by atoms with Gasteiger partial charge < -0.3 is 19.4 Å². The number of fused-ring (bicyclic) bond motifs is 1. The van der Waals surface area contributed by atoms with Crippen LogP contribution in [0, 0.1) is 0 Å². The number of piperidine rings is 2. The van der Waals surface area contributed by atoms with Crippen LogP contribution in [0.4, 0.5) is 0 Å². The normalized spacial score (nSPS) is 25.5. The number of rotatable bonds is 3. The van der Waals surface area contributed by atoms with Gasteiger partial charge in [-0.15, -0.1) is 0 Å². The van der Waals surface area contributed by atoms with Crippen LogP contribution in [0.15, 0.2) is 0 Å². The molecule has 0 N–H and O–H groups in total. The number of ether oxygens (including phenoxy) is 1. The summed E-state index contributed by atoms with van der Waals surface area (Å²) in [5, 5.41) is 4.65. The molecule has 1 aromatic rings. The third-order valence-corrected chi connectivity index (χ3v) is 8.34. The van der Waals surface area contributed by atoms with E-state index in [-0.39, 0.29) is 11.5 Å². The summed E-state index contributed by atoms with van der Waals surface area (Å²) in [5.41, 5.74) is 2.80. The lowest BCUT2D eigenvalue weighted by Crippen LogP contribution is -2.54. The van der Waals surface area contributed by atoms with Gasteiger partial charge in [-0.05, 0) is 65.5 Å². The van der Waals surface area contributed by atoms with E-state index in [0.717, 1.165) is 69.9 Å². The van der Waals surface area contributed by atoms with E-state index >= 15 is 0 Å². The molecule has 172 valence electrons. The second kappa shape index (κ2) is 8.49. The number of nitrogens with zero attached hydrogens (tertiary/aromatic N) is 5. The maximum Gasteiger partial charge on any atom is 0.274 e. The SMILES string of the molecule is CC(C)N1CCC(N2CCC3(CC2)Cc2c(c(C(=O)N4CCCC4)nn2C)CO3)CC1. The van der Waals surface area contributed by atoms with Crippen LogP contribution in [0.5, 0.6) is 0 Å². The Labute approximate surface area is 186 Å². The highest BCUT2D eigenvalue weighted by Gasteiger charge is 2.43. The van der Waals surface area contributed by atoms with Gasteiger partial charge in [-0.3, -0.25) is 9.48 Å². The molecular weight excluding hydrogens is 390 g/mol. The van der Waals surface area contributed by atoms with E-state index < -0.39 is 0 Å². The molecule has 0 atom stereocenters. The van der Waals surface area contributed by atoms with Crippen molar-refractivity contribution >= 4 is 5.91 Å². The fourth-order valence-electron chi connectivity index (χ4n) is 6.18. The van der Waals surface area contributed by atoms with Gasteiger partial charge in [-0.25, -0.2) is 0 Å². The molecule has 4 aliphatic rings. The van der Waals surface area contributed by atoms with Gasteiger partial charge in [0.15, 0.2) is 5.69 Å². The van der Waals surface area contributed by atoms with Gasteiger partial charge in [0.05, 0.1) is 12.2 Å². The molecule has 7 heteroatoms. The van der Waals surface area contributed by atoms with Crippen LogP contribution in [0.2, 0.25) is 0 Å². The van der Waals surface area contributed by atoms with Crippen molar-refractivity contribution in [2.45, 2.75) is 83.1 Å². The molecule has 1 amide bonds. The summed E-state index contributed by atoms with van der Waals surface area (Å²) in [4.78, 5) is 20.2. The van der Waals surface area contributed by atoms with Gasteiger partial charge in [0.1, 0.15) is 0 Å². The fraction of sp³-hybridized carbons (Fsp3) is 0.833. The lowest BCUT2D eigenvalue weighted by Gasteiger charge is -2.47.